The van der Waals surface area contributed by atoms with Gasteiger partial charge in [-0.3, -0.25) is 4.79 Å². The SMILES string of the molecule is CC(=O)NC(C)c1cc2cc(Cl)c(O)cc2o1. The van der Waals surface area contributed by atoms with Gasteiger partial charge in [-0.1, -0.05) is 11.6 Å². The molecule has 1 unspecified atom stereocenters. The number of benzene rings is 1. The first-order chi connectivity index (χ1) is 7.97. The molecule has 2 rings (SSSR count). The van der Waals surface area contributed by atoms with Crippen LogP contribution in [0.25, 0.3) is 11.0 Å². The molecule has 0 saturated carbocycles. The number of phenolic OH excluding ortho intramolecular Hbond substituents is 1. The lowest BCUT2D eigenvalue weighted by Gasteiger charge is -2.08. The molecule has 1 aromatic heterocycles. The van der Waals surface area contributed by atoms with Gasteiger partial charge in [0, 0.05) is 18.4 Å². The van der Waals surface area contributed by atoms with Crippen molar-refractivity contribution in [2.75, 3.05) is 0 Å². The number of phenols is 1. The Hall–Kier alpha value is -1.68. The quantitative estimate of drug-likeness (QED) is 0.865. The Morgan fingerprint density at radius 3 is 2.82 bits per heavy atom. The van der Waals surface area contributed by atoms with Gasteiger partial charge >= 0.3 is 0 Å². The van der Waals surface area contributed by atoms with E-state index in [1.165, 1.54) is 13.0 Å². The maximum absolute atomic E-state index is 10.9. The highest BCUT2D eigenvalue weighted by Gasteiger charge is 2.13. The van der Waals surface area contributed by atoms with E-state index in [1.807, 2.05) is 6.92 Å². The van der Waals surface area contributed by atoms with Crippen LogP contribution in [0.4, 0.5) is 0 Å². The van der Waals surface area contributed by atoms with Crippen LogP contribution in [0.15, 0.2) is 22.6 Å². The number of rotatable bonds is 2. The van der Waals surface area contributed by atoms with Crippen molar-refractivity contribution in [2.24, 2.45) is 0 Å². The number of hydrogen-bond donors (Lipinski definition) is 2. The Morgan fingerprint density at radius 2 is 2.18 bits per heavy atom. The molecule has 5 heteroatoms. The van der Waals surface area contributed by atoms with Crippen LogP contribution in [-0.4, -0.2) is 11.0 Å². The first-order valence-electron chi connectivity index (χ1n) is 5.16. The molecule has 0 aliphatic carbocycles. The van der Waals surface area contributed by atoms with Gasteiger partial charge in [0.1, 0.15) is 17.1 Å². The second-order valence-electron chi connectivity index (χ2n) is 3.91. The minimum absolute atomic E-state index is 0.0211. The summed E-state index contributed by atoms with van der Waals surface area (Å²) in [7, 11) is 0. The summed E-state index contributed by atoms with van der Waals surface area (Å²) in [5, 5.41) is 13.2. The molecular weight excluding hydrogens is 242 g/mol. The molecule has 0 bridgehead atoms. The average Bonchev–Trinajstić information content (AvgIpc) is 2.60. The molecular formula is C12H12ClNO3. The van der Waals surface area contributed by atoms with E-state index in [1.54, 1.807) is 12.1 Å². The molecule has 0 fully saturated rings. The summed E-state index contributed by atoms with van der Waals surface area (Å²) < 4.78 is 5.53. The largest absolute Gasteiger partial charge is 0.506 e. The first kappa shape index (κ1) is 11.8. The normalized spacial score (nSPS) is 12.6. The molecule has 1 aromatic carbocycles. The van der Waals surface area contributed by atoms with Crippen LogP contribution < -0.4 is 5.32 Å². The third kappa shape index (κ3) is 2.36. The van der Waals surface area contributed by atoms with Crippen LogP contribution in [0.5, 0.6) is 5.75 Å². The Morgan fingerprint density at radius 1 is 1.47 bits per heavy atom. The maximum atomic E-state index is 10.9. The monoisotopic (exact) mass is 253 g/mol. The summed E-state index contributed by atoms with van der Waals surface area (Å²) in [6.07, 6.45) is 0. The van der Waals surface area contributed by atoms with Gasteiger partial charge < -0.3 is 14.8 Å². The van der Waals surface area contributed by atoms with Crippen LogP contribution in [0.1, 0.15) is 25.6 Å². The third-order valence-corrected chi connectivity index (χ3v) is 2.75. The molecule has 0 radical (unpaired) electrons. The number of aromatic hydroxyl groups is 1. The van der Waals surface area contributed by atoms with Gasteiger partial charge in [0.05, 0.1) is 11.1 Å². The first-order valence-corrected chi connectivity index (χ1v) is 5.54. The molecule has 2 aromatic rings. The number of amides is 1. The van der Waals surface area contributed by atoms with Crippen molar-refractivity contribution in [3.63, 3.8) is 0 Å². The summed E-state index contributed by atoms with van der Waals surface area (Å²) in [5.74, 6) is 0.475. The van der Waals surface area contributed by atoms with Crippen molar-refractivity contribution < 1.29 is 14.3 Å². The van der Waals surface area contributed by atoms with E-state index in [0.29, 0.717) is 11.3 Å². The fourth-order valence-corrected chi connectivity index (χ4v) is 1.83. The lowest BCUT2D eigenvalue weighted by Crippen LogP contribution is -2.23. The van der Waals surface area contributed by atoms with Gasteiger partial charge in [-0.25, -0.2) is 0 Å². The van der Waals surface area contributed by atoms with Gasteiger partial charge in [0.2, 0.25) is 5.91 Å². The molecule has 90 valence electrons. The van der Waals surface area contributed by atoms with Gasteiger partial charge in [0.25, 0.3) is 0 Å². The number of halogens is 1. The van der Waals surface area contributed by atoms with E-state index >= 15 is 0 Å². The highest BCUT2D eigenvalue weighted by atomic mass is 35.5. The fourth-order valence-electron chi connectivity index (χ4n) is 1.66. The number of carbonyl (C=O) groups is 1. The summed E-state index contributed by atoms with van der Waals surface area (Å²) in [4.78, 5) is 10.9. The average molecular weight is 254 g/mol. The van der Waals surface area contributed by atoms with E-state index in [4.69, 9.17) is 16.0 Å². The molecule has 17 heavy (non-hydrogen) atoms. The number of furan rings is 1. The zero-order valence-electron chi connectivity index (χ0n) is 9.45. The fraction of sp³-hybridized carbons (Fsp3) is 0.250. The van der Waals surface area contributed by atoms with Crippen molar-refractivity contribution in [1.29, 1.82) is 0 Å². The second-order valence-corrected chi connectivity index (χ2v) is 4.32. The van der Waals surface area contributed by atoms with Crippen LogP contribution in [0.3, 0.4) is 0 Å². The zero-order chi connectivity index (χ0) is 12.6. The summed E-state index contributed by atoms with van der Waals surface area (Å²) >= 11 is 5.80. The van der Waals surface area contributed by atoms with E-state index in [-0.39, 0.29) is 22.7 Å². The van der Waals surface area contributed by atoms with Crippen LogP contribution in [-0.2, 0) is 4.79 Å². The van der Waals surface area contributed by atoms with Crippen LogP contribution in [0.2, 0.25) is 5.02 Å². The summed E-state index contributed by atoms with van der Waals surface area (Å²) in [6.45, 7) is 3.27. The minimum Gasteiger partial charge on any atom is -0.506 e. The van der Waals surface area contributed by atoms with Crippen LogP contribution >= 0.6 is 11.6 Å². The predicted octanol–water partition coefficient (Wildman–Crippen LogP) is 2.99. The van der Waals surface area contributed by atoms with Crippen molar-refractivity contribution in [3.8, 4) is 5.75 Å². The zero-order valence-corrected chi connectivity index (χ0v) is 10.2. The highest BCUT2D eigenvalue weighted by molar-refractivity contribution is 6.32. The molecule has 0 aliphatic heterocycles. The molecule has 0 aliphatic rings. The number of hydrogen-bond acceptors (Lipinski definition) is 3. The number of fused-ring (bicyclic) bond motifs is 1. The summed E-state index contributed by atoms with van der Waals surface area (Å²) in [5.41, 5.74) is 0.541. The molecule has 1 atom stereocenters. The number of carbonyl (C=O) groups excluding carboxylic acids is 1. The van der Waals surface area contributed by atoms with Gasteiger partial charge in [-0.15, -0.1) is 0 Å². The lowest BCUT2D eigenvalue weighted by molar-refractivity contribution is -0.119. The third-order valence-electron chi connectivity index (χ3n) is 2.45. The predicted molar refractivity (Wildman–Crippen MR) is 65.1 cm³/mol. The molecule has 0 spiro atoms. The van der Waals surface area contributed by atoms with Crippen molar-refractivity contribution >= 4 is 28.5 Å². The van der Waals surface area contributed by atoms with Crippen molar-refractivity contribution in [2.45, 2.75) is 19.9 Å². The highest BCUT2D eigenvalue weighted by Crippen LogP contribution is 2.32. The number of nitrogens with one attached hydrogen (secondary N) is 1. The van der Waals surface area contributed by atoms with Crippen LogP contribution in [0, 0.1) is 0 Å². The van der Waals surface area contributed by atoms with Gasteiger partial charge in [-0.05, 0) is 19.1 Å². The molecule has 2 N–H and O–H groups in total. The Bertz CT molecular complexity index is 537. The maximum Gasteiger partial charge on any atom is 0.217 e. The molecule has 1 amide bonds. The van der Waals surface area contributed by atoms with Gasteiger partial charge in [-0.2, -0.15) is 0 Å². The van der Waals surface area contributed by atoms with E-state index < -0.39 is 0 Å². The summed E-state index contributed by atoms with van der Waals surface area (Å²) in [6, 6.07) is 4.66. The van der Waals surface area contributed by atoms with E-state index in [9.17, 15) is 9.90 Å². The molecule has 4 nitrogen and oxygen atoms in total. The van der Waals surface area contributed by atoms with Gasteiger partial charge in [0.15, 0.2) is 0 Å². The van der Waals surface area contributed by atoms with Crippen molar-refractivity contribution in [3.05, 3.63) is 29.0 Å². The smallest absolute Gasteiger partial charge is 0.217 e. The lowest BCUT2D eigenvalue weighted by atomic mass is 10.2. The minimum atomic E-state index is -0.221. The Kier molecular flexibility index (Phi) is 2.98. The van der Waals surface area contributed by atoms with E-state index in [2.05, 4.69) is 5.32 Å². The topological polar surface area (TPSA) is 62.5 Å². The molecule has 0 saturated heterocycles. The standard InChI is InChI=1S/C12H12ClNO3/c1-6(14-7(2)15)11-4-8-3-9(13)10(16)5-12(8)17-11/h3-6,16H,1-2H3,(H,14,15). The van der Waals surface area contributed by atoms with Crippen molar-refractivity contribution in [1.82, 2.24) is 5.32 Å². The molecule has 1 heterocycles. The Balaban J connectivity index is 2.41. The van der Waals surface area contributed by atoms with E-state index in [0.717, 1.165) is 5.39 Å². The second kappa shape index (κ2) is 4.30. The Labute approximate surface area is 103 Å².